The number of hydrogen-bond donors (Lipinski definition) is 0. The van der Waals surface area contributed by atoms with Gasteiger partial charge in [0.1, 0.15) is 0 Å². The lowest BCUT2D eigenvalue weighted by molar-refractivity contribution is -0.137. The molecule has 0 unspecified atom stereocenters. The van der Waals surface area contributed by atoms with Crippen molar-refractivity contribution in [2.45, 2.75) is 19.8 Å². The summed E-state index contributed by atoms with van der Waals surface area (Å²) < 4.78 is 15.3. The van der Waals surface area contributed by atoms with E-state index in [0.29, 0.717) is 36.3 Å². The molecule has 3 rings (SSSR count). The third kappa shape index (κ3) is 4.17. The van der Waals surface area contributed by atoms with Crippen LogP contribution in [0.4, 0.5) is 0 Å². The fourth-order valence-electron chi connectivity index (χ4n) is 2.13. The summed E-state index contributed by atoms with van der Waals surface area (Å²) in [4.78, 5) is 19.5. The van der Waals surface area contributed by atoms with Gasteiger partial charge in [-0.2, -0.15) is 9.97 Å². The largest absolute Gasteiger partial charge is 0.463 e. The van der Waals surface area contributed by atoms with Gasteiger partial charge in [-0.05, 0) is 25.5 Å². The standard InChI is InChI=1S/C17H16N4O4/c1-3-15(22)23-9-5-8-14-19-16(21-24-14)12-6-4-7-13(10-12)17-18-11(2)20-25-17/h3-4,6-7,10H,1,5,8-9H2,2H3. The summed E-state index contributed by atoms with van der Waals surface area (Å²) in [5, 5.41) is 7.76. The van der Waals surface area contributed by atoms with Crippen LogP contribution in [0.15, 0.2) is 46.0 Å². The van der Waals surface area contributed by atoms with Crippen molar-refractivity contribution < 1.29 is 18.6 Å². The van der Waals surface area contributed by atoms with E-state index in [-0.39, 0.29) is 6.61 Å². The summed E-state index contributed by atoms with van der Waals surface area (Å²) in [6.07, 6.45) is 2.23. The zero-order valence-corrected chi connectivity index (χ0v) is 13.6. The molecular weight excluding hydrogens is 324 g/mol. The molecule has 25 heavy (non-hydrogen) atoms. The zero-order valence-electron chi connectivity index (χ0n) is 13.6. The number of carbonyl (C=O) groups is 1. The molecule has 8 nitrogen and oxygen atoms in total. The van der Waals surface area contributed by atoms with E-state index in [9.17, 15) is 4.79 Å². The van der Waals surface area contributed by atoms with Crippen LogP contribution in [0.2, 0.25) is 0 Å². The second-order valence-electron chi connectivity index (χ2n) is 5.21. The van der Waals surface area contributed by atoms with Crippen molar-refractivity contribution in [3.8, 4) is 22.8 Å². The number of nitrogens with zero attached hydrogens (tertiary/aromatic N) is 4. The second kappa shape index (κ2) is 7.52. The summed E-state index contributed by atoms with van der Waals surface area (Å²) in [5.41, 5.74) is 1.56. The molecule has 2 heterocycles. The Kier molecular flexibility index (Phi) is 4.98. The van der Waals surface area contributed by atoms with Gasteiger partial charge in [0, 0.05) is 23.6 Å². The van der Waals surface area contributed by atoms with Crippen LogP contribution < -0.4 is 0 Å². The van der Waals surface area contributed by atoms with E-state index in [4.69, 9.17) is 13.8 Å². The maximum Gasteiger partial charge on any atom is 0.330 e. The first-order chi connectivity index (χ1) is 12.2. The molecule has 3 aromatic rings. The van der Waals surface area contributed by atoms with Crippen LogP contribution in [-0.2, 0) is 16.0 Å². The molecule has 0 N–H and O–H groups in total. The molecule has 0 aliphatic heterocycles. The minimum absolute atomic E-state index is 0.272. The first kappa shape index (κ1) is 16.6. The molecule has 0 fully saturated rings. The van der Waals surface area contributed by atoms with E-state index in [2.05, 4.69) is 26.9 Å². The topological polar surface area (TPSA) is 104 Å². The van der Waals surface area contributed by atoms with Gasteiger partial charge in [-0.1, -0.05) is 29.0 Å². The van der Waals surface area contributed by atoms with Crippen molar-refractivity contribution in [3.05, 3.63) is 48.6 Å². The molecular formula is C17H16N4O4. The summed E-state index contributed by atoms with van der Waals surface area (Å²) >= 11 is 0. The minimum atomic E-state index is -0.445. The Morgan fingerprint density at radius 3 is 2.84 bits per heavy atom. The number of benzene rings is 1. The Morgan fingerprint density at radius 1 is 1.24 bits per heavy atom. The van der Waals surface area contributed by atoms with Gasteiger partial charge in [0.2, 0.25) is 11.7 Å². The second-order valence-corrected chi connectivity index (χ2v) is 5.21. The van der Waals surface area contributed by atoms with Crippen LogP contribution >= 0.6 is 0 Å². The van der Waals surface area contributed by atoms with E-state index in [1.807, 2.05) is 24.3 Å². The number of hydrogen-bond acceptors (Lipinski definition) is 8. The van der Waals surface area contributed by atoms with Gasteiger partial charge in [0.15, 0.2) is 5.82 Å². The highest BCUT2D eigenvalue weighted by Gasteiger charge is 2.12. The third-order valence-electron chi connectivity index (χ3n) is 3.31. The normalized spacial score (nSPS) is 10.6. The molecule has 0 aliphatic rings. The molecule has 0 spiro atoms. The van der Waals surface area contributed by atoms with Crippen molar-refractivity contribution >= 4 is 5.97 Å². The zero-order chi connectivity index (χ0) is 17.6. The predicted octanol–water partition coefficient (Wildman–Crippen LogP) is 2.76. The van der Waals surface area contributed by atoms with Gasteiger partial charge in [0.25, 0.3) is 5.89 Å². The van der Waals surface area contributed by atoms with Crippen molar-refractivity contribution in [2.24, 2.45) is 0 Å². The van der Waals surface area contributed by atoms with Crippen molar-refractivity contribution in [1.29, 1.82) is 0 Å². The summed E-state index contributed by atoms with van der Waals surface area (Å²) in [6, 6.07) is 7.45. The highest BCUT2D eigenvalue weighted by Crippen LogP contribution is 2.23. The van der Waals surface area contributed by atoms with Crippen molar-refractivity contribution in [2.75, 3.05) is 6.61 Å². The van der Waals surface area contributed by atoms with E-state index < -0.39 is 5.97 Å². The van der Waals surface area contributed by atoms with Crippen LogP contribution in [0.5, 0.6) is 0 Å². The van der Waals surface area contributed by atoms with Crippen molar-refractivity contribution in [1.82, 2.24) is 20.3 Å². The molecule has 0 aliphatic carbocycles. The van der Waals surface area contributed by atoms with Crippen LogP contribution in [-0.4, -0.2) is 32.9 Å². The van der Waals surface area contributed by atoms with Crippen LogP contribution in [0, 0.1) is 6.92 Å². The van der Waals surface area contributed by atoms with Gasteiger partial charge in [-0.3, -0.25) is 0 Å². The summed E-state index contributed by atoms with van der Waals surface area (Å²) in [7, 11) is 0. The van der Waals surface area contributed by atoms with Gasteiger partial charge < -0.3 is 13.8 Å². The molecule has 128 valence electrons. The van der Waals surface area contributed by atoms with E-state index in [1.54, 1.807) is 6.92 Å². The Morgan fingerprint density at radius 2 is 2.08 bits per heavy atom. The Labute approximate surface area is 143 Å². The Balaban J connectivity index is 1.66. The number of esters is 1. The highest BCUT2D eigenvalue weighted by molar-refractivity contribution is 5.81. The summed E-state index contributed by atoms with van der Waals surface area (Å²) in [6.45, 7) is 5.37. The first-order valence-electron chi connectivity index (χ1n) is 7.68. The number of ether oxygens (including phenoxy) is 1. The molecule has 0 saturated heterocycles. The third-order valence-corrected chi connectivity index (χ3v) is 3.31. The molecule has 8 heteroatoms. The SMILES string of the molecule is C=CC(=O)OCCCc1nc(-c2cccc(-c3nc(C)no3)c2)no1. The number of rotatable bonds is 7. The average molecular weight is 340 g/mol. The maximum absolute atomic E-state index is 11.0. The fraction of sp³-hybridized carbons (Fsp3) is 0.235. The Hall–Kier alpha value is -3.29. The smallest absolute Gasteiger partial charge is 0.330 e. The number of carbonyl (C=O) groups excluding carboxylic acids is 1. The van der Waals surface area contributed by atoms with E-state index in [0.717, 1.165) is 17.2 Å². The predicted molar refractivity (Wildman–Crippen MR) is 87.2 cm³/mol. The van der Waals surface area contributed by atoms with Crippen LogP contribution in [0.1, 0.15) is 18.1 Å². The average Bonchev–Trinajstić information content (AvgIpc) is 3.28. The minimum Gasteiger partial charge on any atom is -0.463 e. The molecule has 0 saturated carbocycles. The monoisotopic (exact) mass is 340 g/mol. The molecule has 1 aromatic carbocycles. The summed E-state index contributed by atoms with van der Waals surface area (Å²) in [5.74, 6) is 1.51. The highest BCUT2D eigenvalue weighted by atomic mass is 16.5. The lowest BCUT2D eigenvalue weighted by atomic mass is 10.1. The molecule has 0 bridgehead atoms. The maximum atomic E-state index is 11.0. The van der Waals surface area contributed by atoms with Gasteiger partial charge in [0.05, 0.1) is 6.61 Å². The molecule has 0 radical (unpaired) electrons. The first-order valence-corrected chi connectivity index (χ1v) is 7.68. The molecule has 0 atom stereocenters. The molecule has 2 aromatic heterocycles. The Bertz CT molecular complexity index is 884. The van der Waals surface area contributed by atoms with Crippen LogP contribution in [0.3, 0.4) is 0 Å². The van der Waals surface area contributed by atoms with Gasteiger partial charge in [-0.15, -0.1) is 0 Å². The quantitative estimate of drug-likeness (QED) is 0.367. The fourth-order valence-corrected chi connectivity index (χ4v) is 2.13. The van der Waals surface area contributed by atoms with Gasteiger partial charge >= 0.3 is 5.97 Å². The van der Waals surface area contributed by atoms with Gasteiger partial charge in [-0.25, -0.2) is 4.79 Å². The molecule has 0 amide bonds. The van der Waals surface area contributed by atoms with Crippen LogP contribution in [0.25, 0.3) is 22.8 Å². The lowest BCUT2D eigenvalue weighted by Gasteiger charge is -1.99. The van der Waals surface area contributed by atoms with E-state index >= 15 is 0 Å². The van der Waals surface area contributed by atoms with E-state index in [1.165, 1.54) is 0 Å². The lowest BCUT2D eigenvalue weighted by Crippen LogP contribution is -2.02. The van der Waals surface area contributed by atoms with Crippen molar-refractivity contribution in [3.63, 3.8) is 0 Å². The number of aryl methyl sites for hydroxylation is 2. The number of aromatic nitrogens is 4.